The lowest BCUT2D eigenvalue weighted by atomic mass is 9.81. The van der Waals surface area contributed by atoms with Gasteiger partial charge in [0, 0.05) is 13.5 Å². The first-order chi connectivity index (χ1) is 14.6. The highest BCUT2D eigenvalue weighted by molar-refractivity contribution is 5.90. The number of amides is 2. The Morgan fingerprint density at radius 3 is 2.23 bits per heavy atom. The van der Waals surface area contributed by atoms with E-state index in [4.69, 9.17) is 4.74 Å². The Balaban J connectivity index is 3.28. The number of hydrogen-bond acceptors (Lipinski definition) is 5. The maximum atomic E-state index is 13.6. The summed E-state index contributed by atoms with van der Waals surface area (Å²) in [6, 6.07) is 8.56. The molecule has 0 heterocycles. The second-order valence-corrected chi connectivity index (χ2v) is 8.48. The number of carbonyl (C=O) groups is 3. The van der Waals surface area contributed by atoms with Crippen molar-refractivity contribution in [1.29, 1.82) is 0 Å². The third-order valence-electron chi connectivity index (χ3n) is 5.11. The summed E-state index contributed by atoms with van der Waals surface area (Å²) >= 11 is 0. The van der Waals surface area contributed by atoms with E-state index in [2.05, 4.69) is 6.58 Å². The van der Waals surface area contributed by atoms with Crippen LogP contribution < -0.4 is 5.48 Å². The van der Waals surface area contributed by atoms with Crippen LogP contribution in [0.4, 0.5) is 0 Å². The van der Waals surface area contributed by atoms with Crippen LogP contribution in [-0.4, -0.2) is 47.1 Å². The first-order valence-corrected chi connectivity index (χ1v) is 10.7. The number of ether oxygens (including phenoxy) is 1. The van der Waals surface area contributed by atoms with Crippen LogP contribution in [0.5, 0.6) is 0 Å². The molecule has 0 saturated heterocycles. The van der Waals surface area contributed by atoms with Crippen molar-refractivity contribution in [3.05, 3.63) is 48.6 Å². The number of likely N-dealkylation sites (N-methyl/N-ethyl adjacent to an activating group) is 1. The normalized spacial score (nSPS) is 13.9. The van der Waals surface area contributed by atoms with Gasteiger partial charge in [-0.3, -0.25) is 14.8 Å². The van der Waals surface area contributed by atoms with E-state index in [0.29, 0.717) is 12.8 Å². The molecule has 3 atom stereocenters. The minimum absolute atomic E-state index is 0.122. The molecule has 0 aliphatic carbocycles. The van der Waals surface area contributed by atoms with Gasteiger partial charge in [0.2, 0.25) is 11.8 Å². The third-order valence-corrected chi connectivity index (χ3v) is 5.11. The summed E-state index contributed by atoms with van der Waals surface area (Å²) in [5.41, 5.74) is 2.56. The Labute approximate surface area is 185 Å². The highest BCUT2D eigenvalue weighted by Crippen LogP contribution is 2.27. The summed E-state index contributed by atoms with van der Waals surface area (Å²) in [7, 11) is 1.56. The molecule has 1 aromatic carbocycles. The summed E-state index contributed by atoms with van der Waals surface area (Å²) in [5, 5.41) is 9.19. The summed E-state index contributed by atoms with van der Waals surface area (Å²) in [5.74, 6) is -2.87. The summed E-state index contributed by atoms with van der Waals surface area (Å²) in [4.78, 5) is 40.1. The Morgan fingerprint density at radius 1 is 1.13 bits per heavy atom. The molecular weight excluding hydrogens is 396 g/mol. The number of carbonyl (C=O) groups excluding carboxylic acids is 3. The van der Waals surface area contributed by atoms with Crippen LogP contribution in [0.1, 0.15) is 46.1 Å². The molecule has 0 fully saturated rings. The average molecular weight is 433 g/mol. The number of hydrogen-bond donors (Lipinski definition) is 2. The molecule has 172 valence electrons. The zero-order valence-corrected chi connectivity index (χ0v) is 19.2. The van der Waals surface area contributed by atoms with Crippen LogP contribution >= 0.6 is 0 Å². The molecule has 7 heteroatoms. The van der Waals surface area contributed by atoms with E-state index in [1.807, 2.05) is 44.2 Å². The van der Waals surface area contributed by atoms with Crippen molar-refractivity contribution in [3.63, 3.8) is 0 Å². The van der Waals surface area contributed by atoms with E-state index in [0.717, 1.165) is 5.56 Å². The fraction of sp³-hybridized carbons (Fsp3) is 0.542. The number of nitrogens with zero attached hydrogens (tertiary/aromatic N) is 1. The molecule has 0 aliphatic rings. The molecule has 0 radical (unpaired) electrons. The van der Waals surface area contributed by atoms with Gasteiger partial charge in [0.1, 0.15) is 6.04 Å². The second kappa shape index (κ2) is 12.9. The van der Waals surface area contributed by atoms with Gasteiger partial charge in [-0.1, -0.05) is 50.3 Å². The van der Waals surface area contributed by atoms with Crippen LogP contribution in [0, 0.1) is 17.8 Å². The van der Waals surface area contributed by atoms with Crippen LogP contribution in [0.15, 0.2) is 43.0 Å². The summed E-state index contributed by atoms with van der Waals surface area (Å²) < 4.78 is 5.43. The zero-order chi connectivity index (χ0) is 23.6. The Kier molecular flexibility index (Phi) is 11.0. The maximum absolute atomic E-state index is 13.6. The monoisotopic (exact) mass is 432 g/mol. The molecule has 1 rings (SSSR count). The lowest BCUT2D eigenvalue weighted by Crippen LogP contribution is -2.50. The van der Waals surface area contributed by atoms with Crippen LogP contribution in [0.2, 0.25) is 0 Å². The molecule has 0 spiro atoms. The number of hydroxylamine groups is 1. The fourth-order valence-electron chi connectivity index (χ4n) is 3.60. The third kappa shape index (κ3) is 8.17. The van der Waals surface area contributed by atoms with Gasteiger partial charge in [0.25, 0.3) is 0 Å². The molecule has 2 N–H and O–H groups in total. The Hall–Kier alpha value is -2.67. The van der Waals surface area contributed by atoms with Crippen molar-refractivity contribution in [2.24, 2.45) is 17.8 Å². The average Bonchev–Trinajstić information content (AvgIpc) is 2.72. The van der Waals surface area contributed by atoms with E-state index in [1.165, 1.54) is 4.90 Å². The second-order valence-electron chi connectivity index (χ2n) is 8.48. The van der Waals surface area contributed by atoms with Crippen LogP contribution in [0.25, 0.3) is 0 Å². The van der Waals surface area contributed by atoms with E-state index in [9.17, 15) is 19.6 Å². The predicted molar refractivity (Wildman–Crippen MR) is 119 cm³/mol. The van der Waals surface area contributed by atoms with Crippen molar-refractivity contribution >= 4 is 17.8 Å². The van der Waals surface area contributed by atoms with Gasteiger partial charge in [-0.2, -0.15) is 0 Å². The van der Waals surface area contributed by atoms with Crippen molar-refractivity contribution in [2.45, 2.75) is 59.1 Å². The molecule has 0 unspecified atom stereocenters. The van der Waals surface area contributed by atoms with E-state index in [1.54, 1.807) is 32.5 Å². The van der Waals surface area contributed by atoms with E-state index >= 15 is 0 Å². The lowest BCUT2D eigenvalue weighted by molar-refractivity contribution is -0.159. The Morgan fingerprint density at radius 2 is 1.74 bits per heavy atom. The van der Waals surface area contributed by atoms with Gasteiger partial charge >= 0.3 is 5.97 Å². The topological polar surface area (TPSA) is 95.9 Å². The quantitative estimate of drug-likeness (QED) is 0.228. The number of rotatable bonds is 12. The van der Waals surface area contributed by atoms with E-state index in [-0.39, 0.29) is 24.3 Å². The largest absolute Gasteiger partial charge is 0.461 e. The summed E-state index contributed by atoms with van der Waals surface area (Å²) in [6.45, 7) is 11.1. The SMILES string of the molecule is C=CC[C@H](C(=O)NO)[C@@H](CC(C)C)C(=O)N(C)[C@@H](Cc1ccccc1)C(=O)OC(C)C. The van der Waals surface area contributed by atoms with Gasteiger partial charge in [-0.05, 0) is 38.2 Å². The van der Waals surface area contributed by atoms with Crippen LogP contribution in [0.3, 0.4) is 0 Å². The highest BCUT2D eigenvalue weighted by atomic mass is 16.5. The number of benzene rings is 1. The number of allylic oxidation sites excluding steroid dienone is 1. The standard InChI is InChI=1S/C24H36N2O5/c1-7-11-19(22(27)25-30)20(14-16(2)3)23(28)26(6)21(24(29)31-17(4)5)15-18-12-9-8-10-13-18/h7-10,12-13,16-17,19-21,30H,1,11,14-15H2,2-6H3,(H,25,27)/t19-,20+,21-/m0/s1. The molecule has 0 saturated carbocycles. The number of nitrogens with one attached hydrogen (secondary N) is 1. The molecule has 2 amide bonds. The number of esters is 1. The van der Waals surface area contributed by atoms with Gasteiger partial charge in [-0.15, -0.1) is 6.58 Å². The van der Waals surface area contributed by atoms with Crippen molar-refractivity contribution in [1.82, 2.24) is 10.4 Å². The lowest BCUT2D eigenvalue weighted by Gasteiger charge is -2.33. The minimum Gasteiger partial charge on any atom is -0.461 e. The molecule has 0 bridgehead atoms. The predicted octanol–water partition coefficient (Wildman–Crippen LogP) is 3.37. The molecule has 1 aromatic rings. The van der Waals surface area contributed by atoms with Crippen LogP contribution in [-0.2, 0) is 25.5 Å². The Bertz CT molecular complexity index is 733. The van der Waals surface area contributed by atoms with Crippen molar-refractivity contribution in [2.75, 3.05) is 7.05 Å². The molecule has 31 heavy (non-hydrogen) atoms. The summed E-state index contributed by atoms with van der Waals surface area (Å²) in [6.07, 6.45) is 2.17. The molecule has 7 nitrogen and oxygen atoms in total. The fourth-order valence-corrected chi connectivity index (χ4v) is 3.60. The van der Waals surface area contributed by atoms with Gasteiger partial charge < -0.3 is 9.64 Å². The van der Waals surface area contributed by atoms with Gasteiger partial charge in [-0.25, -0.2) is 10.3 Å². The smallest absolute Gasteiger partial charge is 0.329 e. The molecular formula is C24H36N2O5. The minimum atomic E-state index is -0.839. The highest BCUT2D eigenvalue weighted by Gasteiger charge is 2.38. The van der Waals surface area contributed by atoms with Crippen molar-refractivity contribution in [3.8, 4) is 0 Å². The maximum Gasteiger partial charge on any atom is 0.329 e. The van der Waals surface area contributed by atoms with Gasteiger partial charge in [0.15, 0.2) is 0 Å². The molecule has 0 aliphatic heterocycles. The first-order valence-electron chi connectivity index (χ1n) is 10.7. The van der Waals surface area contributed by atoms with Crippen molar-refractivity contribution < 1.29 is 24.3 Å². The molecule has 0 aromatic heterocycles. The van der Waals surface area contributed by atoms with Gasteiger partial charge in [0.05, 0.1) is 17.9 Å². The first kappa shape index (κ1) is 26.4. The zero-order valence-electron chi connectivity index (χ0n) is 19.2. The van der Waals surface area contributed by atoms with E-state index < -0.39 is 29.8 Å².